The number of nitrogens with one attached hydrogen (secondary N) is 2. The lowest BCUT2D eigenvalue weighted by Crippen LogP contribution is -2.42. The molecule has 0 radical (unpaired) electrons. The summed E-state index contributed by atoms with van der Waals surface area (Å²) in [7, 11) is 0. The van der Waals surface area contributed by atoms with E-state index in [2.05, 4.69) is 36.1 Å². The number of aromatic amines is 1. The number of unbranched alkanes of at least 4 members (excludes halogenated alkanes) is 1. The van der Waals surface area contributed by atoms with E-state index in [1.54, 1.807) is 0 Å². The van der Waals surface area contributed by atoms with Gasteiger partial charge in [0.1, 0.15) is 5.82 Å². The zero-order valence-electron chi connectivity index (χ0n) is 12.2. The fourth-order valence-electron chi connectivity index (χ4n) is 1.96. The van der Waals surface area contributed by atoms with Crippen LogP contribution in [0.5, 0.6) is 0 Å². The van der Waals surface area contributed by atoms with Crippen molar-refractivity contribution >= 4 is 11.6 Å². The summed E-state index contributed by atoms with van der Waals surface area (Å²) >= 11 is 6.14. The van der Waals surface area contributed by atoms with Crippen LogP contribution in [0, 0.1) is 0 Å². The maximum Gasteiger partial charge on any atom is 0.151 e. The molecule has 19 heavy (non-hydrogen) atoms. The molecule has 0 aromatic carbocycles. The fraction of sp³-hybridized carbons (Fsp3) is 0.786. The lowest BCUT2D eigenvalue weighted by Gasteiger charge is -2.28. The normalized spacial score (nSPS) is 14.6. The van der Waals surface area contributed by atoms with Crippen LogP contribution in [0.15, 0.2) is 0 Å². The van der Waals surface area contributed by atoms with E-state index in [4.69, 9.17) is 16.7 Å². The number of hydrogen-bond donors (Lipinski definition) is 3. The van der Waals surface area contributed by atoms with E-state index < -0.39 is 0 Å². The van der Waals surface area contributed by atoms with Crippen molar-refractivity contribution in [2.24, 2.45) is 0 Å². The van der Waals surface area contributed by atoms with Gasteiger partial charge in [-0.1, -0.05) is 31.9 Å². The average molecular weight is 288 g/mol. The van der Waals surface area contributed by atoms with E-state index in [1.807, 2.05) is 0 Å². The Balaban J connectivity index is 2.59. The third-order valence-electron chi connectivity index (χ3n) is 3.68. The van der Waals surface area contributed by atoms with Gasteiger partial charge in [0.15, 0.2) is 5.15 Å². The molecule has 1 aromatic rings. The van der Waals surface area contributed by atoms with Crippen LogP contribution in [0.2, 0.25) is 5.15 Å². The lowest BCUT2D eigenvalue weighted by atomic mass is 9.95. The van der Waals surface area contributed by atoms with Gasteiger partial charge in [-0.2, -0.15) is 0 Å². The molecule has 1 atom stereocenters. The summed E-state index contributed by atoms with van der Waals surface area (Å²) in [6.45, 7) is 7.24. The summed E-state index contributed by atoms with van der Waals surface area (Å²) in [4.78, 5) is 7.63. The number of H-pyrrole nitrogens is 1. The van der Waals surface area contributed by atoms with E-state index in [0.717, 1.165) is 43.6 Å². The molecule has 1 rings (SSSR count). The van der Waals surface area contributed by atoms with E-state index in [9.17, 15) is 0 Å². The van der Waals surface area contributed by atoms with Crippen LogP contribution in [0.3, 0.4) is 0 Å². The molecule has 3 N–H and O–H groups in total. The number of aromatic nitrogens is 2. The summed E-state index contributed by atoms with van der Waals surface area (Å²) in [5.74, 6) is 0.962. The first-order chi connectivity index (χ1) is 9.04. The molecule has 0 aliphatic heterocycles. The number of rotatable bonds is 9. The minimum absolute atomic E-state index is 0.0627. The van der Waals surface area contributed by atoms with Gasteiger partial charge in [-0.15, -0.1) is 0 Å². The SMILES string of the molecule is CCCCc1nc(Cl)c(CNC(C)(CC)CCO)[nH]1. The van der Waals surface area contributed by atoms with Crippen LogP contribution in [0.4, 0.5) is 0 Å². The molecule has 110 valence electrons. The number of hydrogen-bond acceptors (Lipinski definition) is 3. The maximum atomic E-state index is 9.10. The van der Waals surface area contributed by atoms with E-state index >= 15 is 0 Å². The van der Waals surface area contributed by atoms with Gasteiger partial charge in [0.05, 0.1) is 5.69 Å². The fourth-order valence-corrected chi connectivity index (χ4v) is 2.17. The van der Waals surface area contributed by atoms with Gasteiger partial charge in [0.25, 0.3) is 0 Å². The monoisotopic (exact) mass is 287 g/mol. The first-order valence-corrected chi connectivity index (χ1v) is 7.51. The van der Waals surface area contributed by atoms with Crippen molar-refractivity contribution in [3.05, 3.63) is 16.7 Å². The lowest BCUT2D eigenvalue weighted by molar-refractivity contribution is 0.214. The second-order valence-electron chi connectivity index (χ2n) is 5.30. The molecular formula is C14H26ClN3O. The van der Waals surface area contributed by atoms with Crippen LogP contribution < -0.4 is 5.32 Å². The third kappa shape index (κ3) is 5.13. The summed E-state index contributed by atoms with van der Waals surface area (Å²) in [5, 5.41) is 13.1. The van der Waals surface area contributed by atoms with Crippen molar-refractivity contribution in [1.82, 2.24) is 15.3 Å². The van der Waals surface area contributed by atoms with Crippen molar-refractivity contribution in [2.75, 3.05) is 6.61 Å². The number of aliphatic hydroxyl groups excluding tert-OH is 1. The van der Waals surface area contributed by atoms with Crippen LogP contribution in [-0.4, -0.2) is 27.2 Å². The molecule has 5 heteroatoms. The quantitative estimate of drug-likeness (QED) is 0.654. The standard InChI is InChI=1S/C14H26ClN3O/c1-4-6-7-12-17-11(13(15)18-12)10-16-14(3,5-2)8-9-19/h16,19H,4-10H2,1-3H3,(H,17,18). The number of nitrogens with zero attached hydrogens (tertiary/aromatic N) is 1. The molecule has 1 unspecified atom stereocenters. The predicted octanol–water partition coefficient (Wildman–Crippen LogP) is 3.05. The summed E-state index contributed by atoms with van der Waals surface area (Å²) in [6.07, 6.45) is 4.90. The summed E-state index contributed by atoms with van der Waals surface area (Å²) < 4.78 is 0. The molecule has 4 nitrogen and oxygen atoms in total. The highest BCUT2D eigenvalue weighted by atomic mass is 35.5. The molecule has 0 saturated carbocycles. The Labute approximate surface area is 121 Å². The summed E-state index contributed by atoms with van der Waals surface area (Å²) in [6, 6.07) is 0. The van der Waals surface area contributed by atoms with Gasteiger partial charge in [0.2, 0.25) is 0 Å². The summed E-state index contributed by atoms with van der Waals surface area (Å²) in [5.41, 5.74) is 0.873. The first-order valence-electron chi connectivity index (χ1n) is 7.13. The Morgan fingerprint density at radius 2 is 2.16 bits per heavy atom. The number of halogens is 1. The second kappa shape index (κ2) is 7.88. The number of aliphatic hydroxyl groups is 1. The Morgan fingerprint density at radius 1 is 1.42 bits per heavy atom. The largest absolute Gasteiger partial charge is 0.396 e. The molecule has 0 amide bonds. The van der Waals surface area contributed by atoms with Gasteiger partial charge >= 0.3 is 0 Å². The van der Waals surface area contributed by atoms with Crippen LogP contribution in [0.25, 0.3) is 0 Å². The van der Waals surface area contributed by atoms with Gasteiger partial charge in [-0.25, -0.2) is 4.98 Å². The highest BCUT2D eigenvalue weighted by Gasteiger charge is 2.21. The van der Waals surface area contributed by atoms with Crippen molar-refractivity contribution < 1.29 is 5.11 Å². The average Bonchev–Trinajstić information content (AvgIpc) is 2.75. The van der Waals surface area contributed by atoms with E-state index in [-0.39, 0.29) is 12.1 Å². The van der Waals surface area contributed by atoms with Crippen LogP contribution in [-0.2, 0) is 13.0 Å². The molecular weight excluding hydrogens is 262 g/mol. The molecule has 0 aliphatic rings. The zero-order valence-corrected chi connectivity index (χ0v) is 13.0. The van der Waals surface area contributed by atoms with E-state index in [1.165, 1.54) is 0 Å². The molecule has 0 aliphatic carbocycles. The maximum absolute atomic E-state index is 9.10. The highest BCUT2D eigenvalue weighted by Crippen LogP contribution is 2.18. The Morgan fingerprint density at radius 3 is 2.74 bits per heavy atom. The smallest absolute Gasteiger partial charge is 0.151 e. The van der Waals surface area contributed by atoms with Gasteiger partial charge < -0.3 is 15.4 Å². The number of aryl methyl sites for hydroxylation is 1. The minimum atomic E-state index is -0.0627. The number of imidazole rings is 1. The topological polar surface area (TPSA) is 60.9 Å². The Hall–Kier alpha value is -0.580. The second-order valence-corrected chi connectivity index (χ2v) is 5.66. The molecule has 0 saturated heterocycles. The molecule has 1 aromatic heterocycles. The Kier molecular flexibility index (Phi) is 6.83. The molecule has 0 fully saturated rings. The predicted molar refractivity (Wildman–Crippen MR) is 79.4 cm³/mol. The first kappa shape index (κ1) is 16.5. The van der Waals surface area contributed by atoms with Crippen molar-refractivity contribution in [3.8, 4) is 0 Å². The Bertz CT molecular complexity index is 381. The molecule has 0 bridgehead atoms. The highest BCUT2D eigenvalue weighted by molar-refractivity contribution is 6.30. The molecule has 1 heterocycles. The zero-order chi connectivity index (χ0) is 14.3. The molecule has 0 spiro atoms. The van der Waals surface area contributed by atoms with Crippen LogP contribution >= 0.6 is 11.6 Å². The minimum Gasteiger partial charge on any atom is -0.396 e. The van der Waals surface area contributed by atoms with Crippen molar-refractivity contribution in [1.29, 1.82) is 0 Å². The van der Waals surface area contributed by atoms with E-state index in [0.29, 0.717) is 11.7 Å². The van der Waals surface area contributed by atoms with Gasteiger partial charge in [0, 0.05) is 25.1 Å². The van der Waals surface area contributed by atoms with Gasteiger partial charge in [-0.05, 0) is 26.2 Å². The third-order valence-corrected chi connectivity index (χ3v) is 3.99. The van der Waals surface area contributed by atoms with Crippen molar-refractivity contribution in [3.63, 3.8) is 0 Å². The van der Waals surface area contributed by atoms with Gasteiger partial charge in [-0.3, -0.25) is 0 Å². The van der Waals surface area contributed by atoms with Crippen LogP contribution in [0.1, 0.15) is 58.0 Å². The van der Waals surface area contributed by atoms with Crippen molar-refractivity contribution in [2.45, 2.75) is 65.0 Å².